The summed E-state index contributed by atoms with van der Waals surface area (Å²) in [6.07, 6.45) is 2.25. The number of nitrogens with one attached hydrogen (secondary N) is 2. The summed E-state index contributed by atoms with van der Waals surface area (Å²) in [6, 6.07) is 17.0. The molecule has 2 aromatic carbocycles. The Hall–Kier alpha value is -3.83. The molecular weight excluding hydrogens is 519 g/mol. The molecule has 11 heteroatoms. The van der Waals surface area contributed by atoms with Crippen LogP contribution in [0.4, 0.5) is 16.0 Å². The molecule has 2 aromatic heterocycles. The fourth-order valence-electron chi connectivity index (χ4n) is 4.48. The van der Waals surface area contributed by atoms with E-state index in [1.807, 2.05) is 25.1 Å². The van der Waals surface area contributed by atoms with Crippen molar-refractivity contribution in [2.24, 2.45) is 0 Å². The largest absolute Gasteiger partial charge is 0.476 e. The molecule has 5 rings (SSSR count). The van der Waals surface area contributed by atoms with Crippen LogP contribution in [0.25, 0.3) is 22.3 Å². The van der Waals surface area contributed by atoms with Crippen LogP contribution in [0.1, 0.15) is 25.3 Å². The number of fused-ring (bicyclic) bond motifs is 1. The van der Waals surface area contributed by atoms with Crippen molar-refractivity contribution in [1.29, 1.82) is 0 Å². The van der Waals surface area contributed by atoms with Gasteiger partial charge in [-0.15, -0.1) is 0 Å². The van der Waals surface area contributed by atoms with E-state index in [1.165, 1.54) is 12.1 Å². The highest BCUT2D eigenvalue weighted by Crippen LogP contribution is 2.28. The Morgan fingerprint density at radius 3 is 2.56 bits per heavy atom. The van der Waals surface area contributed by atoms with Gasteiger partial charge in [0.15, 0.2) is 5.52 Å². The highest BCUT2D eigenvalue weighted by Gasteiger charge is 2.17. The van der Waals surface area contributed by atoms with Gasteiger partial charge >= 0.3 is 0 Å². The number of nitrogens with zero attached hydrogens (tertiary/aromatic N) is 4. The van der Waals surface area contributed by atoms with Crippen LogP contribution in [-0.2, 0) is 16.6 Å². The van der Waals surface area contributed by atoms with Crippen molar-refractivity contribution in [1.82, 2.24) is 19.9 Å². The number of rotatable bonds is 11. The summed E-state index contributed by atoms with van der Waals surface area (Å²) in [5.74, 6) is 0.472. The van der Waals surface area contributed by atoms with E-state index in [0.717, 1.165) is 37.1 Å². The molecule has 0 bridgehead atoms. The monoisotopic (exact) mass is 550 g/mol. The van der Waals surface area contributed by atoms with E-state index in [4.69, 9.17) is 9.72 Å². The third-order valence-electron chi connectivity index (χ3n) is 6.46. The van der Waals surface area contributed by atoms with Crippen molar-refractivity contribution in [3.05, 3.63) is 72.0 Å². The molecule has 0 unspecified atom stereocenters. The predicted octanol–water partition coefficient (Wildman–Crippen LogP) is 4.68. The van der Waals surface area contributed by atoms with Crippen LogP contribution in [0.2, 0.25) is 0 Å². The minimum Gasteiger partial charge on any atom is -0.476 e. The predicted molar refractivity (Wildman–Crippen MR) is 151 cm³/mol. The quantitative estimate of drug-likeness (QED) is 0.277. The number of sulfonamides is 1. The fourth-order valence-corrected chi connectivity index (χ4v) is 5.56. The Labute approximate surface area is 227 Å². The molecule has 1 aliphatic heterocycles. The van der Waals surface area contributed by atoms with Gasteiger partial charge in [-0.3, -0.25) is 4.72 Å². The maximum Gasteiger partial charge on any atom is 0.245 e. The lowest BCUT2D eigenvalue weighted by molar-refractivity contribution is 0.330. The molecule has 0 radical (unpaired) electrons. The molecule has 0 aliphatic carbocycles. The number of aromatic nitrogens is 3. The van der Waals surface area contributed by atoms with Crippen LogP contribution < -0.4 is 14.8 Å². The molecule has 3 heterocycles. The first-order valence-corrected chi connectivity index (χ1v) is 14.7. The molecule has 1 saturated heterocycles. The van der Waals surface area contributed by atoms with Gasteiger partial charge in [-0.1, -0.05) is 24.3 Å². The molecule has 39 heavy (non-hydrogen) atoms. The first-order chi connectivity index (χ1) is 18.9. The van der Waals surface area contributed by atoms with Crippen molar-refractivity contribution in [3.8, 4) is 17.1 Å². The Kier molecular flexibility index (Phi) is 8.18. The molecule has 1 fully saturated rings. The average Bonchev–Trinajstić information content (AvgIpc) is 3.46. The Morgan fingerprint density at radius 1 is 1.00 bits per heavy atom. The van der Waals surface area contributed by atoms with Crippen molar-refractivity contribution in [2.75, 3.05) is 42.0 Å². The molecule has 4 aromatic rings. The van der Waals surface area contributed by atoms with Crippen LogP contribution in [-0.4, -0.2) is 60.3 Å². The molecule has 0 spiro atoms. The second-order valence-electron chi connectivity index (χ2n) is 9.38. The van der Waals surface area contributed by atoms with Crippen LogP contribution in [0.3, 0.4) is 0 Å². The number of benzene rings is 2. The number of pyridine rings is 1. The van der Waals surface area contributed by atoms with Gasteiger partial charge in [0, 0.05) is 24.3 Å². The summed E-state index contributed by atoms with van der Waals surface area (Å²) < 4.78 is 47.0. The minimum atomic E-state index is -3.48. The van der Waals surface area contributed by atoms with Crippen LogP contribution in [0, 0.1) is 5.82 Å². The van der Waals surface area contributed by atoms with Crippen LogP contribution >= 0.6 is 0 Å². The summed E-state index contributed by atoms with van der Waals surface area (Å²) in [5, 5.41) is 3.15. The second-order valence-corrected chi connectivity index (χ2v) is 11.2. The summed E-state index contributed by atoms with van der Waals surface area (Å²) in [5.41, 5.74) is 3.85. The zero-order chi connectivity index (χ0) is 27.2. The number of hydrogen-bond donors (Lipinski definition) is 2. The molecule has 9 nitrogen and oxygen atoms in total. The Bertz CT molecular complexity index is 1540. The SMILES string of the molecule is CCOc1nc(NCc2ccc(F)cc2)nc2ccc(-c3cccc(NS(=O)(=O)CCN4CCCC4)c3)nc12. The number of hydrogen-bond acceptors (Lipinski definition) is 8. The normalized spacial score (nSPS) is 14.0. The number of anilines is 2. The van der Waals surface area contributed by atoms with Gasteiger partial charge < -0.3 is 15.0 Å². The third-order valence-corrected chi connectivity index (χ3v) is 7.73. The van der Waals surface area contributed by atoms with Crippen molar-refractivity contribution < 1.29 is 17.5 Å². The lowest BCUT2D eigenvalue weighted by Gasteiger charge is -2.15. The molecule has 1 aliphatic rings. The van der Waals surface area contributed by atoms with Crippen molar-refractivity contribution in [2.45, 2.75) is 26.3 Å². The van der Waals surface area contributed by atoms with Gasteiger partial charge in [0.1, 0.15) is 5.82 Å². The highest BCUT2D eigenvalue weighted by molar-refractivity contribution is 7.92. The Balaban J connectivity index is 1.35. The van der Waals surface area contributed by atoms with E-state index >= 15 is 0 Å². The summed E-state index contributed by atoms with van der Waals surface area (Å²) >= 11 is 0. The van der Waals surface area contributed by atoms with Crippen LogP contribution in [0.5, 0.6) is 5.88 Å². The van der Waals surface area contributed by atoms with Crippen LogP contribution in [0.15, 0.2) is 60.7 Å². The van der Waals surface area contributed by atoms with Gasteiger partial charge in [0.2, 0.25) is 21.9 Å². The smallest absolute Gasteiger partial charge is 0.245 e. The van der Waals surface area contributed by atoms with Crippen molar-refractivity contribution >= 4 is 32.7 Å². The lowest BCUT2D eigenvalue weighted by atomic mass is 10.1. The van der Waals surface area contributed by atoms with E-state index in [1.54, 1.807) is 30.3 Å². The van der Waals surface area contributed by atoms with E-state index in [2.05, 4.69) is 24.9 Å². The molecule has 2 N–H and O–H groups in total. The van der Waals surface area contributed by atoms with Crippen molar-refractivity contribution in [3.63, 3.8) is 0 Å². The van der Waals surface area contributed by atoms with Gasteiger partial charge in [-0.2, -0.15) is 4.98 Å². The van der Waals surface area contributed by atoms with Gasteiger partial charge in [-0.05, 0) is 74.8 Å². The summed E-state index contributed by atoms with van der Waals surface area (Å²) in [7, 11) is -3.48. The minimum absolute atomic E-state index is 0.0536. The van der Waals surface area contributed by atoms with Gasteiger partial charge in [-0.25, -0.2) is 22.8 Å². The number of halogens is 1. The summed E-state index contributed by atoms with van der Waals surface area (Å²) in [4.78, 5) is 16.0. The zero-order valence-corrected chi connectivity index (χ0v) is 22.5. The second kappa shape index (κ2) is 11.9. The van der Waals surface area contributed by atoms with E-state index in [0.29, 0.717) is 53.9 Å². The number of likely N-dealkylation sites (tertiary alicyclic amines) is 1. The molecule has 0 saturated carbocycles. The molecular formula is C28H31FN6O3S. The standard InChI is InChI=1S/C28H31FN6O3S/c1-2-38-27-26-25(32-28(33-27)30-19-20-8-10-22(29)11-9-20)13-12-24(31-26)21-6-5-7-23(18-21)34-39(36,37)17-16-35-14-3-4-15-35/h5-13,18,34H,2-4,14-17,19H2,1H3,(H,30,32,33). The highest BCUT2D eigenvalue weighted by atomic mass is 32.2. The number of ether oxygens (including phenoxy) is 1. The molecule has 0 atom stereocenters. The molecule has 0 amide bonds. The fraction of sp³-hybridized carbons (Fsp3) is 0.321. The first kappa shape index (κ1) is 26.8. The van der Waals surface area contributed by atoms with E-state index in [-0.39, 0.29) is 11.6 Å². The zero-order valence-electron chi connectivity index (χ0n) is 21.7. The maximum atomic E-state index is 13.2. The maximum absolute atomic E-state index is 13.2. The van der Waals surface area contributed by atoms with Gasteiger partial charge in [0.05, 0.1) is 23.6 Å². The van der Waals surface area contributed by atoms with E-state index < -0.39 is 10.0 Å². The third kappa shape index (κ3) is 6.98. The lowest BCUT2D eigenvalue weighted by Crippen LogP contribution is -2.29. The summed E-state index contributed by atoms with van der Waals surface area (Å²) in [6.45, 7) is 5.12. The molecule has 204 valence electrons. The Morgan fingerprint density at radius 2 is 1.79 bits per heavy atom. The first-order valence-electron chi connectivity index (χ1n) is 13.0. The van der Waals surface area contributed by atoms with Gasteiger partial charge in [0.25, 0.3) is 0 Å². The topological polar surface area (TPSA) is 109 Å². The van der Waals surface area contributed by atoms with E-state index in [9.17, 15) is 12.8 Å². The average molecular weight is 551 g/mol.